The maximum Gasteiger partial charge on any atom is 0.312 e. The van der Waals surface area contributed by atoms with Crippen molar-refractivity contribution in [3.63, 3.8) is 0 Å². The summed E-state index contributed by atoms with van der Waals surface area (Å²) in [5, 5.41) is 9.75. The molecule has 8 heteroatoms. The molecule has 1 unspecified atom stereocenters. The average Bonchev–Trinajstić information content (AvgIpc) is 2.84. The van der Waals surface area contributed by atoms with Crippen LogP contribution in [0.2, 0.25) is 0 Å². The smallest absolute Gasteiger partial charge is 0.312 e. The fourth-order valence-electron chi connectivity index (χ4n) is 3.87. The summed E-state index contributed by atoms with van der Waals surface area (Å²) in [6.45, 7) is 7.11. The molecule has 0 saturated heterocycles. The Morgan fingerprint density at radius 3 is 2.70 bits per heavy atom. The average molecular weight is 472 g/mol. The van der Waals surface area contributed by atoms with Crippen molar-refractivity contribution in [3.05, 3.63) is 59.2 Å². The van der Waals surface area contributed by atoms with E-state index in [1.807, 2.05) is 19.9 Å². The minimum absolute atomic E-state index is 0.0449. The normalized spacial score (nSPS) is 18.9. The van der Waals surface area contributed by atoms with E-state index in [0.29, 0.717) is 11.3 Å². The number of carbonyl (C=O) groups is 1. The number of hydrogen-bond donors (Lipinski definition) is 1. The van der Waals surface area contributed by atoms with E-state index < -0.39 is 27.5 Å². The maximum atomic E-state index is 13.4. The second kappa shape index (κ2) is 9.56. The van der Waals surface area contributed by atoms with Gasteiger partial charge in [0.05, 0.1) is 18.1 Å². The topological polar surface area (TPSA) is 93.1 Å². The van der Waals surface area contributed by atoms with Gasteiger partial charge >= 0.3 is 5.97 Å². The number of nitrogens with zero attached hydrogens (tertiary/aromatic N) is 1. The molecular weight excluding hydrogens is 442 g/mol. The minimum Gasteiger partial charge on any atom is -0.488 e. The van der Waals surface area contributed by atoms with Crippen molar-refractivity contribution < 1.29 is 27.8 Å². The van der Waals surface area contributed by atoms with Gasteiger partial charge in [-0.25, -0.2) is 8.42 Å². The van der Waals surface area contributed by atoms with Crippen molar-refractivity contribution in [1.82, 2.24) is 4.31 Å². The molecule has 33 heavy (non-hydrogen) atoms. The van der Waals surface area contributed by atoms with Crippen LogP contribution < -0.4 is 4.74 Å². The Labute approximate surface area is 195 Å². The first-order valence-corrected chi connectivity index (χ1v) is 12.1. The van der Waals surface area contributed by atoms with E-state index in [1.54, 1.807) is 44.2 Å². The highest BCUT2D eigenvalue weighted by molar-refractivity contribution is 7.89. The Kier molecular flexibility index (Phi) is 7.17. The van der Waals surface area contributed by atoms with Gasteiger partial charge in [0, 0.05) is 6.54 Å². The number of hydrogen-bond acceptors (Lipinski definition) is 5. The van der Waals surface area contributed by atoms with Crippen LogP contribution in [0.25, 0.3) is 0 Å². The Morgan fingerprint density at radius 1 is 1.33 bits per heavy atom. The molecule has 0 aliphatic carbocycles. The van der Waals surface area contributed by atoms with Gasteiger partial charge in [0.15, 0.2) is 0 Å². The van der Waals surface area contributed by atoms with Crippen LogP contribution in [-0.4, -0.2) is 43.1 Å². The van der Waals surface area contributed by atoms with Crippen LogP contribution in [0.5, 0.6) is 5.75 Å². The molecular formula is C25H29NO6S. The van der Waals surface area contributed by atoms with Gasteiger partial charge in [-0.05, 0) is 56.5 Å². The predicted molar refractivity (Wildman–Crippen MR) is 124 cm³/mol. The van der Waals surface area contributed by atoms with Crippen molar-refractivity contribution in [1.29, 1.82) is 0 Å². The molecule has 0 bridgehead atoms. The number of ether oxygens (including phenoxy) is 2. The first kappa shape index (κ1) is 24.8. The summed E-state index contributed by atoms with van der Waals surface area (Å²) in [5.74, 6) is 1.70. The van der Waals surface area contributed by atoms with Gasteiger partial charge in [-0.1, -0.05) is 36.3 Å². The third kappa shape index (κ3) is 5.06. The highest BCUT2D eigenvalue weighted by Gasteiger charge is 2.39. The largest absolute Gasteiger partial charge is 0.488 e. The van der Waals surface area contributed by atoms with E-state index in [9.17, 15) is 18.3 Å². The number of terminal acetylenes is 1. The summed E-state index contributed by atoms with van der Waals surface area (Å²) >= 11 is 0. The van der Waals surface area contributed by atoms with Gasteiger partial charge in [0.2, 0.25) is 10.0 Å². The lowest BCUT2D eigenvalue weighted by molar-refractivity contribution is -0.156. The monoisotopic (exact) mass is 471 g/mol. The van der Waals surface area contributed by atoms with E-state index in [4.69, 9.17) is 15.9 Å². The van der Waals surface area contributed by atoms with Gasteiger partial charge in [-0.3, -0.25) is 4.79 Å². The van der Waals surface area contributed by atoms with E-state index in [2.05, 4.69) is 5.92 Å². The molecule has 2 aromatic rings. The molecule has 0 amide bonds. The quantitative estimate of drug-likeness (QED) is 0.618. The molecule has 0 fully saturated rings. The Morgan fingerprint density at radius 2 is 2.03 bits per heavy atom. The maximum absolute atomic E-state index is 13.4. The van der Waals surface area contributed by atoms with Crippen LogP contribution in [-0.2, 0) is 26.1 Å². The lowest BCUT2D eigenvalue weighted by Gasteiger charge is -2.31. The first-order chi connectivity index (χ1) is 15.5. The molecule has 1 N–H and O–H groups in total. The number of aryl methyl sites for hydroxylation is 1. The second-order valence-electron chi connectivity index (χ2n) is 8.78. The van der Waals surface area contributed by atoms with E-state index >= 15 is 0 Å². The lowest BCUT2D eigenvalue weighted by atomic mass is 9.81. The summed E-state index contributed by atoms with van der Waals surface area (Å²) in [6, 6.07) is 12.0. The van der Waals surface area contributed by atoms with Crippen LogP contribution in [0.15, 0.2) is 47.4 Å². The fourth-order valence-corrected chi connectivity index (χ4v) is 5.48. The Hall–Kier alpha value is -2.86. The van der Waals surface area contributed by atoms with Gasteiger partial charge in [-0.2, -0.15) is 4.31 Å². The highest BCUT2D eigenvalue weighted by atomic mass is 32.2. The minimum atomic E-state index is -3.80. The molecule has 2 aromatic carbocycles. The molecule has 0 aromatic heterocycles. The standard InChI is InChI=1S/C25H29NO6S/c1-6-13-31-23(25(4,5)24(27)28)19-12-11-17(2)20(14-19)16-26-15-18(3)32-21-9-7-8-10-22(21)33(26,29)30/h1,7-12,14,18,23H,13,15-16H2,2-5H3,(H,27,28)/t18-,23?/m1/s1. The third-order valence-corrected chi connectivity index (χ3v) is 7.67. The molecule has 1 aliphatic rings. The zero-order chi connectivity index (χ0) is 24.4. The Balaban J connectivity index is 2.02. The number of rotatable bonds is 7. The SMILES string of the molecule is C#CCOC(c1ccc(C)c(CN2C[C@@H](C)Oc3ccccc3S2(=O)=O)c1)C(C)(C)C(=O)O. The van der Waals surface area contributed by atoms with Crippen LogP contribution in [0.1, 0.15) is 43.6 Å². The summed E-state index contributed by atoms with van der Waals surface area (Å²) < 4.78 is 39.8. The summed E-state index contributed by atoms with van der Waals surface area (Å²) in [7, 11) is -3.80. The molecule has 176 valence electrons. The number of carboxylic acid groups (broad SMARTS) is 1. The Bertz CT molecular complexity index is 1180. The predicted octanol–water partition coefficient (Wildman–Crippen LogP) is 3.77. The zero-order valence-electron chi connectivity index (χ0n) is 19.2. The van der Waals surface area contributed by atoms with Crippen molar-refractivity contribution >= 4 is 16.0 Å². The first-order valence-electron chi connectivity index (χ1n) is 10.6. The fraction of sp³-hybridized carbons (Fsp3) is 0.400. The zero-order valence-corrected chi connectivity index (χ0v) is 20.1. The third-order valence-electron chi connectivity index (χ3n) is 5.82. The lowest BCUT2D eigenvalue weighted by Crippen LogP contribution is -2.36. The summed E-state index contributed by atoms with van der Waals surface area (Å²) in [6.07, 6.45) is 4.19. The van der Waals surface area contributed by atoms with E-state index in [0.717, 1.165) is 11.1 Å². The molecule has 3 rings (SSSR count). The van der Waals surface area contributed by atoms with Crippen LogP contribution in [0.3, 0.4) is 0 Å². The molecule has 7 nitrogen and oxygen atoms in total. The van der Waals surface area contributed by atoms with Gasteiger partial charge < -0.3 is 14.6 Å². The number of carboxylic acids is 1. The van der Waals surface area contributed by atoms with Crippen LogP contribution in [0.4, 0.5) is 0 Å². The van der Waals surface area contributed by atoms with Crippen molar-refractivity contribution in [2.45, 2.75) is 51.3 Å². The van der Waals surface area contributed by atoms with Crippen molar-refractivity contribution in [2.24, 2.45) is 5.41 Å². The molecule has 1 aliphatic heterocycles. The van der Waals surface area contributed by atoms with Crippen molar-refractivity contribution in [3.8, 4) is 18.1 Å². The number of para-hydroxylation sites is 1. The molecule has 2 atom stereocenters. The molecule has 0 saturated carbocycles. The highest BCUT2D eigenvalue weighted by Crippen LogP contribution is 2.38. The number of benzene rings is 2. The molecule has 0 spiro atoms. The van der Waals surface area contributed by atoms with Crippen LogP contribution in [0, 0.1) is 24.7 Å². The van der Waals surface area contributed by atoms with Crippen molar-refractivity contribution in [2.75, 3.05) is 13.2 Å². The number of fused-ring (bicyclic) bond motifs is 1. The van der Waals surface area contributed by atoms with E-state index in [-0.39, 0.29) is 30.7 Å². The molecule has 0 radical (unpaired) electrons. The van der Waals surface area contributed by atoms with Crippen LogP contribution >= 0.6 is 0 Å². The summed E-state index contributed by atoms with van der Waals surface area (Å²) in [4.78, 5) is 12.0. The number of aliphatic carboxylic acids is 1. The summed E-state index contributed by atoms with van der Waals surface area (Å²) in [5.41, 5.74) is 0.997. The number of sulfonamides is 1. The van der Waals surface area contributed by atoms with E-state index in [1.165, 1.54) is 10.4 Å². The van der Waals surface area contributed by atoms with Gasteiger partial charge in [0.1, 0.15) is 23.4 Å². The van der Waals surface area contributed by atoms with Gasteiger partial charge in [-0.15, -0.1) is 6.42 Å². The molecule has 1 heterocycles. The second-order valence-corrected chi connectivity index (χ2v) is 10.7. The van der Waals surface area contributed by atoms with Gasteiger partial charge in [0.25, 0.3) is 0 Å².